The topological polar surface area (TPSA) is 110 Å². The summed E-state index contributed by atoms with van der Waals surface area (Å²) in [6, 6.07) is 0.0883. The molecule has 3 N–H and O–H groups in total. The van der Waals surface area contributed by atoms with Crippen molar-refractivity contribution in [1.82, 2.24) is 19.2 Å². The van der Waals surface area contributed by atoms with Crippen LogP contribution in [0.25, 0.3) is 0 Å². The highest BCUT2D eigenvalue weighted by Crippen LogP contribution is 2.21. The normalized spacial score (nSPS) is 21.7. The maximum Gasteiger partial charge on any atom is 0.260 e. The SMILES string of the molecule is CC1CC(CN)CN1C(=O)CNS(=O)(=O)c1cn(C)cn1.Cl. The zero-order chi connectivity index (χ0) is 15.6. The van der Waals surface area contributed by atoms with Gasteiger partial charge in [0, 0.05) is 25.8 Å². The third-order valence-corrected chi connectivity index (χ3v) is 4.97. The second-order valence-corrected chi connectivity index (χ2v) is 7.15. The van der Waals surface area contributed by atoms with Crippen LogP contribution in [0.3, 0.4) is 0 Å². The Balaban J connectivity index is 0.00000242. The van der Waals surface area contributed by atoms with E-state index in [1.807, 2.05) is 6.92 Å². The molecule has 0 saturated carbocycles. The largest absolute Gasteiger partial charge is 0.339 e. The molecule has 10 heteroatoms. The number of amides is 1. The lowest BCUT2D eigenvalue weighted by Crippen LogP contribution is -2.42. The summed E-state index contributed by atoms with van der Waals surface area (Å²) in [5, 5.41) is -0.0906. The van der Waals surface area contributed by atoms with Crippen molar-refractivity contribution in [3.05, 3.63) is 12.5 Å². The molecule has 0 radical (unpaired) electrons. The first-order valence-corrected chi connectivity index (χ1v) is 8.29. The van der Waals surface area contributed by atoms with Crippen LogP contribution in [-0.2, 0) is 21.9 Å². The van der Waals surface area contributed by atoms with Crippen molar-refractivity contribution in [1.29, 1.82) is 0 Å². The number of sulfonamides is 1. The molecule has 0 spiro atoms. The lowest BCUT2D eigenvalue weighted by molar-refractivity contribution is -0.130. The zero-order valence-electron chi connectivity index (χ0n) is 12.6. The minimum absolute atomic E-state index is 0. The van der Waals surface area contributed by atoms with Crippen molar-refractivity contribution in [2.24, 2.45) is 18.7 Å². The fraction of sp³-hybridized carbons (Fsp3) is 0.667. The second-order valence-electron chi connectivity index (χ2n) is 5.43. The van der Waals surface area contributed by atoms with Gasteiger partial charge >= 0.3 is 0 Å². The molecule has 2 unspecified atom stereocenters. The average Bonchev–Trinajstić information content (AvgIpc) is 3.02. The molecule has 0 bridgehead atoms. The van der Waals surface area contributed by atoms with E-state index in [4.69, 9.17) is 5.73 Å². The number of nitrogens with two attached hydrogens (primary N) is 1. The van der Waals surface area contributed by atoms with Crippen LogP contribution in [-0.4, -0.2) is 54.5 Å². The first-order valence-electron chi connectivity index (χ1n) is 6.80. The third kappa shape index (κ3) is 4.19. The van der Waals surface area contributed by atoms with E-state index in [0.717, 1.165) is 6.42 Å². The van der Waals surface area contributed by atoms with Gasteiger partial charge in [-0.2, -0.15) is 0 Å². The van der Waals surface area contributed by atoms with Gasteiger partial charge in [-0.1, -0.05) is 0 Å². The van der Waals surface area contributed by atoms with Gasteiger partial charge < -0.3 is 15.2 Å². The molecule has 8 nitrogen and oxygen atoms in total. The molecule has 22 heavy (non-hydrogen) atoms. The molecule has 1 saturated heterocycles. The van der Waals surface area contributed by atoms with Crippen LogP contribution in [0.5, 0.6) is 0 Å². The maximum absolute atomic E-state index is 12.1. The lowest BCUT2D eigenvalue weighted by Gasteiger charge is -2.21. The Bertz CT molecular complexity index is 618. The number of halogens is 1. The van der Waals surface area contributed by atoms with Crippen LogP contribution in [0, 0.1) is 5.92 Å². The van der Waals surface area contributed by atoms with Crippen molar-refractivity contribution in [2.45, 2.75) is 24.4 Å². The number of rotatable bonds is 5. The number of hydrogen-bond acceptors (Lipinski definition) is 5. The number of likely N-dealkylation sites (tertiary alicyclic amines) is 1. The molecule has 2 heterocycles. The molecule has 1 fully saturated rings. The second kappa shape index (κ2) is 7.40. The molecule has 1 amide bonds. The van der Waals surface area contributed by atoms with E-state index in [2.05, 4.69) is 9.71 Å². The van der Waals surface area contributed by atoms with Gasteiger partial charge in [-0.15, -0.1) is 12.4 Å². The molecule has 1 aliphatic rings. The van der Waals surface area contributed by atoms with Crippen molar-refractivity contribution < 1.29 is 13.2 Å². The minimum Gasteiger partial charge on any atom is -0.339 e. The van der Waals surface area contributed by atoms with Gasteiger partial charge in [0.2, 0.25) is 5.91 Å². The predicted molar refractivity (Wildman–Crippen MR) is 84.0 cm³/mol. The summed E-state index contributed by atoms with van der Waals surface area (Å²) in [4.78, 5) is 17.6. The summed E-state index contributed by atoms with van der Waals surface area (Å²) >= 11 is 0. The highest BCUT2D eigenvalue weighted by molar-refractivity contribution is 7.89. The van der Waals surface area contributed by atoms with Gasteiger partial charge in [0.25, 0.3) is 10.0 Å². The number of nitrogens with zero attached hydrogens (tertiary/aromatic N) is 3. The minimum atomic E-state index is -3.75. The fourth-order valence-corrected chi connectivity index (χ4v) is 3.47. The molecule has 0 aliphatic carbocycles. The molecule has 2 atom stereocenters. The predicted octanol–water partition coefficient (Wildman–Crippen LogP) is -0.684. The van der Waals surface area contributed by atoms with Crippen LogP contribution in [0.1, 0.15) is 13.3 Å². The van der Waals surface area contributed by atoms with Gasteiger partial charge in [0.05, 0.1) is 12.9 Å². The van der Waals surface area contributed by atoms with E-state index in [-0.39, 0.29) is 41.8 Å². The molecule has 2 rings (SSSR count). The standard InChI is InChI=1S/C12H21N5O3S.ClH/c1-9-3-10(4-13)6-17(9)12(18)5-15-21(19,20)11-7-16(2)8-14-11;/h7-10,15H,3-6,13H2,1-2H3;1H. The average molecular weight is 352 g/mol. The Hall–Kier alpha value is -1.16. The fourth-order valence-electron chi connectivity index (χ4n) is 2.52. The van der Waals surface area contributed by atoms with E-state index >= 15 is 0 Å². The summed E-state index contributed by atoms with van der Waals surface area (Å²) in [5.41, 5.74) is 5.62. The zero-order valence-corrected chi connectivity index (χ0v) is 14.2. The van der Waals surface area contributed by atoms with Crippen LogP contribution in [0.2, 0.25) is 0 Å². The quantitative estimate of drug-likeness (QED) is 0.730. The Morgan fingerprint density at radius 3 is 2.73 bits per heavy atom. The number of carbonyl (C=O) groups is 1. The van der Waals surface area contributed by atoms with E-state index in [9.17, 15) is 13.2 Å². The molecule has 1 aliphatic heterocycles. The van der Waals surface area contributed by atoms with E-state index in [1.54, 1.807) is 11.9 Å². The van der Waals surface area contributed by atoms with Gasteiger partial charge in [-0.3, -0.25) is 4.79 Å². The maximum atomic E-state index is 12.1. The Morgan fingerprint density at radius 2 is 2.23 bits per heavy atom. The van der Waals surface area contributed by atoms with Gasteiger partial charge in [0.15, 0.2) is 5.03 Å². The number of nitrogens with one attached hydrogen (secondary N) is 1. The van der Waals surface area contributed by atoms with E-state index < -0.39 is 10.0 Å². The lowest BCUT2D eigenvalue weighted by atomic mass is 10.1. The molecule has 1 aromatic rings. The van der Waals surface area contributed by atoms with Crippen molar-refractivity contribution in [3.8, 4) is 0 Å². The molecule has 0 aromatic carbocycles. The van der Waals surface area contributed by atoms with E-state index in [1.165, 1.54) is 17.1 Å². The van der Waals surface area contributed by atoms with Crippen molar-refractivity contribution in [3.63, 3.8) is 0 Å². The number of aryl methyl sites for hydroxylation is 1. The number of aromatic nitrogens is 2. The Labute approximate surface area is 136 Å². The summed E-state index contributed by atoms with van der Waals surface area (Å²) in [7, 11) is -2.08. The first-order chi connectivity index (χ1) is 9.83. The Kier molecular flexibility index (Phi) is 6.36. The number of carbonyl (C=O) groups excluding carboxylic acids is 1. The molecular weight excluding hydrogens is 330 g/mol. The van der Waals surface area contributed by atoms with Gasteiger partial charge in [-0.25, -0.2) is 18.1 Å². The summed E-state index contributed by atoms with van der Waals surface area (Å²) in [6.07, 6.45) is 3.63. The number of hydrogen-bond donors (Lipinski definition) is 2. The summed E-state index contributed by atoms with van der Waals surface area (Å²) < 4.78 is 27.8. The van der Waals surface area contributed by atoms with Crippen LogP contribution >= 0.6 is 12.4 Å². The number of imidazole rings is 1. The summed E-state index contributed by atoms with van der Waals surface area (Å²) in [6.45, 7) is 2.80. The third-order valence-electron chi connectivity index (χ3n) is 3.69. The van der Waals surface area contributed by atoms with Crippen molar-refractivity contribution in [2.75, 3.05) is 19.6 Å². The van der Waals surface area contributed by atoms with Crippen LogP contribution < -0.4 is 10.5 Å². The van der Waals surface area contributed by atoms with Crippen LogP contribution in [0.15, 0.2) is 17.6 Å². The monoisotopic (exact) mass is 351 g/mol. The van der Waals surface area contributed by atoms with Crippen molar-refractivity contribution >= 4 is 28.3 Å². The summed E-state index contributed by atoms with van der Waals surface area (Å²) in [5.74, 6) is 0.0503. The van der Waals surface area contributed by atoms with E-state index in [0.29, 0.717) is 13.1 Å². The smallest absolute Gasteiger partial charge is 0.260 e. The molecule has 1 aromatic heterocycles. The van der Waals surface area contributed by atoms with Crippen LogP contribution in [0.4, 0.5) is 0 Å². The first kappa shape index (κ1) is 18.9. The highest BCUT2D eigenvalue weighted by Gasteiger charge is 2.32. The highest BCUT2D eigenvalue weighted by atomic mass is 35.5. The molecule has 126 valence electrons. The van der Waals surface area contributed by atoms with Gasteiger partial charge in [0.1, 0.15) is 0 Å². The molecular formula is C12H22ClN5O3S. The van der Waals surface area contributed by atoms with Gasteiger partial charge in [-0.05, 0) is 25.8 Å². The Morgan fingerprint density at radius 1 is 1.55 bits per heavy atom.